The van der Waals surface area contributed by atoms with Gasteiger partial charge in [-0.15, -0.1) is 6.42 Å². The number of carbonyl (C=O) groups is 2. The molecule has 1 fully saturated rings. The number of H-pyrrole nitrogens is 1. The molecule has 0 bridgehead atoms. The predicted molar refractivity (Wildman–Crippen MR) is 75.3 cm³/mol. The van der Waals surface area contributed by atoms with Gasteiger partial charge < -0.3 is 15.7 Å². The maximum atomic E-state index is 12.1. The Kier molecular flexibility index (Phi) is 4.60. The monoisotopic (exact) mass is 290 g/mol. The summed E-state index contributed by atoms with van der Waals surface area (Å²) in [6.45, 7) is 1.45. The second-order valence-electron chi connectivity index (χ2n) is 5.10. The van der Waals surface area contributed by atoms with Gasteiger partial charge in [-0.3, -0.25) is 14.7 Å². The van der Waals surface area contributed by atoms with Crippen LogP contribution in [0.2, 0.25) is 0 Å². The van der Waals surface area contributed by atoms with E-state index < -0.39 is 24.0 Å². The molecule has 1 aliphatic rings. The van der Waals surface area contributed by atoms with E-state index in [-0.39, 0.29) is 12.2 Å². The van der Waals surface area contributed by atoms with Gasteiger partial charge in [0.05, 0.1) is 12.6 Å². The molecule has 4 N–H and O–H groups in total. The Hall–Kier alpha value is -2.33. The Morgan fingerprint density at radius 1 is 1.62 bits per heavy atom. The summed E-state index contributed by atoms with van der Waals surface area (Å²) in [4.78, 5) is 23.9. The van der Waals surface area contributed by atoms with Crippen molar-refractivity contribution in [2.45, 2.75) is 37.8 Å². The first kappa shape index (κ1) is 15.1. The molecule has 2 rings (SSSR count). The van der Waals surface area contributed by atoms with Crippen LogP contribution in [-0.2, 0) is 4.79 Å². The van der Waals surface area contributed by atoms with Crippen molar-refractivity contribution in [2.24, 2.45) is 0 Å². The van der Waals surface area contributed by atoms with Crippen molar-refractivity contribution in [1.29, 1.82) is 0 Å². The minimum atomic E-state index is -1.08. The molecule has 1 aromatic rings. The van der Waals surface area contributed by atoms with Crippen LogP contribution in [0.5, 0.6) is 0 Å². The number of nitrogens with one attached hydrogen (secondary N) is 3. The van der Waals surface area contributed by atoms with Crippen molar-refractivity contribution in [3.63, 3.8) is 0 Å². The van der Waals surface area contributed by atoms with Gasteiger partial charge in [-0.2, -0.15) is 5.10 Å². The predicted octanol–water partition coefficient (Wildman–Crippen LogP) is -0.484. The molecule has 0 spiro atoms. The van der Waals surface area contributed by atoms with E-state index in [9.17, 15) is 14.7 Å². The van der Waals surface area contributed by atoms with E-state index in [1.807, 2.05) is 0 Å². The fourth-order valence-electron chi connectivity index (χ4n) is 1.92. The zero-order valence-electron chi connectivity index (χ0n) is 11.7. The molecule has 0 unspecified atom stereocenters. The summed E-state index contributed by atoms with van der Waals surface area (Å²) in [7, 11) is 0. The molecule has 0 radical (unpaired) electrons. The minimum absolute atomic E-state index is 0.0339. The minimum Gasteiger partial charge on any atom is -0.391 e. The van der Waals surface area contributed by atoms with Gasteiger partial charge in [0, 0.05) is 11.6 Å². The molecule has 1 heterocycles. The van der Waals surface area contributed by atoms with E-state index in [1.165, 1.54) is 6.92 Å². The third-order valence-corrected chi connectivity index (χ3v) is 3.26. The van der Waals surface area contributed by atoms with Gasteiger partial charge in [0.1, 0.15) is 11.7 Å². The highest BCUT2D eigenvalue weighted by atomic mass is 16.3. The standard InChI is InChI=1S/C14H18N4O3/c1-3-6-15-14(21)12(8(2)19)16-13(20)11-7-10(17-18-11)9-4-5-9/h1,7-9,12,19H,4-6H2,2H3,(H,15,21)(H,16,20)(H,17,18)/t8-,12+/m1/s1. The molecule has 1 aliphatic carbocycles. The molecule has 7 nitrogen and oxygen atoms in total. The summed E-state index contributed by atoms with van der Waals surface area (Å²) >= 11 is 0. The quantitative estimate of drug-likeness (QED) is 0.531. The molecular formula is C14H18N4O3. The number of carbonyl (C=O) groups excluding carboxylic acids is 2. The Balaban J connectivity index is 1.99. The van der Waals surface area contributed by atoms with Crippen molar-refractivity contribution in [1.82, 2.24) is 20.8 Å². The van der Waals surface area contributed by atoms with Crippen molar-refractivity contribution >= 4 is 11.8 Å². The van der Waals surface area contributed by atoms with Crippen molar-refractivity contribution < 1.29 is 14.7 Å². The van der Waals surface area contributed by atoms with Crippen LogP contribution in [-0.4, -0.2) is 45.8 Å². The van der Waals surface area contributed by atoms with Gasteiger partial charge in [0.2, 0.25) is 5.91 Å². The van der Waals surface area contributed by atoms with Crippen molar-refractivity contribution in [3.05, 3.63) is 17.5 Å². The summed E-state index contributed by atoms with van der Waals surface area (Å²) < 4.78 is 0. The third-order valence-electron chi connectivity index (χ3n) is 3.26. The molecule has 0 aromatic carbocycles. The van der Waals surface area contributed by atoms with E-state index in [1.54, 1.807) is 6.07 Å². The van der Waals surface area contributed by atoms with Crippen LogP contribution >= 0.6 is 0 Å². The zero-order chi connectivity index (χ0) is 15.4. The smallest absolute Gasteiger partial charge is 0.272 e. The molecule has 1 saturated carbocycles. The molecular weight excluding hydrogens is 272 g/mol. The summed E-state index contributed by atoms with van der Waals surface area (Å²) in [5, 5.41) is 21.3. The van der Waals surface area contributed by atoms with Crippen LogP contribution in [0.15, 0.2) is 6.07 Å². The Morgan fingerprint density at radius 3 is 2.90 bits per heavy atom. The fourth-order valence-corrected chi connectivity index (χ4v) is 1.92. The number of aliphatic hydroxyl groups is 1. The van der Waals surface area contributed by atoms with Crippen molar-refractivity contribution in [2.75, 3.05) is 6.54 Å². The van der Waals surface area contributed by atoms with Gasteiger partial charge in [0.25, 0.3) is 5.91 Å². The van der Waals surface area contributed by atoms with E-state index in [2.05, 4.69) is 26.8 Å². The first-order chi connectivity index (χ1) is 10.0. The lowest BCUT2D eigenvalue weighted by molar-refractivity contribution is -0.125. The van der Waals surface area contributed by atoms with Crippen molar-refractivity contribution in [3.8, 4) is 12.3 Å². The number of nitrogens with zero attached hydrogens (tertiary/aromatic N) is 1. The van der Waals surface area contributed by atoms with Crippen LogP contribution in [0.4, 0.5) is 0 Å². The molecule has 112 valence electrons. The zero-order valence-corrected chi connectivity index (χ0v) is 11.7. The number of hydrogen-bond donors (Lipinski definition) is 4. The van der Waals surface area contributed by atoms with E-state index in [0.717, 1.165) is 18.5 Å². The maximum absolute atomic E-state index is 12.1. The topological polar surface area (TPSA) is 107 Å². The molecule has 1 aromatic heterocycles. The first-order valence-corrected chi connectivity index (χ1v) is 6.78. The lowest BCUT2D eigenvalue weighted by Crippen LogP contribution is -2.52. The number of terminal acetylenes is 1. The SMILES string of the molecule is C#CCNC(=O)[C@@H](NC(=O)c1cc(C2CC2)[nH]n1)[C@@H](C)O. The number of rotatable bonds is 6. The number of aromatic nitrogens is 2. The number of amides is 2. The third kappa shape index (κ3) is 3.83. The maximum Gasteiger partial charge on any atom is 0.272 e. The van der Waals surface area contributed by atoms with Crippen LogP contribution in [0.3, 0.4) is 0 Å². The summed E-state index contributed by atoms with van der Waals surface area (Å²) in [5.41, 5.74) is 1.12. The lowest BCUT2D eigenvalue weighted by Gasteiger charge is -2.19. The first-order valence-electron chi connectivity index (χ1n) is 6.78. The normalized spacial score (nSPS) is 16.6. The Morgan fingerprint density at radius 2 is 2.33 bits per heavy atom. The Bertz CT molecular complexity index is 569. The Labute approximate surface area is 122 Å². The van der Waals surface area contributed by atoms with Gasteiger partial charge >= 0.3 is 0 Å². The summed E-state index contributed by atoms with van der Waals surface area (Å²) in [6.07, 6.45) is 6.19. The molecule has 2 amide bonds. The molecule has 0 aliphatic heterocycles. The van der Waals surface area contributed by atoms with E-state index >= 15 is 0 Å². The van der Waals surface area contributed by atoms with Crippen LogP contribution < -0.4 is 10.6 Å². The van der Waals surface area contributed by atoms with Crippen LogP contribution in [0.1, 0.15) is 41.9 Å². The summed E-state index contributed by atoms with van der Waals surface area (Å²) in [5.74, 6) is 1.66. The molecule has 21 heavy (non-hydrogen) atoms. The highest BCUT2D eigenvalue weighted by molar-refractivity contribution is 5.96. The average molecular weight is 290 g/mol. The van der Waals surface area contributed by atoms with E-state index in [0.29, 0.717) is 5.92 Å². The highest BCUT2D eigenvalue weighted by Crippen LogP contribution is 2.38. The fraction of sp³-hybridized carbons (Fsp3) is 0.500. The number of aromatic amines is 1. The molecule has 2 atom stereocenters. The van der Waals surface area contributed by atoms with E-state index in [4.69, 9.17) is 6.42 Å². The molecule has 0 saturated heterocycles. The lowest BCUT2D eigenvalue weighted by atomic mass is 10.1. The van der Waals surface area contributed by atoms with Gasteiger partial charge in [-0.25, -0.2) is 0 Å². The molecule has 7 heteroatoms. The van der Waals surface area contributed by atoms with Gasteiger partial charge in [-0.1, -0.05) is 5.92 Å². The number of hydrogen-bond acceptors (Lipinski definition) is 4. The number of aliphatic hydroxyl groups excluding tert-OH is 1. The van der Waals surface area contributed by atoms with Crippen LogP contribution in [0, 0.1) is 12.3 Å². The second-order valence-corrected chi connectivity index (χ2v) is 5.10. The summed E-state index contributed by atoms with van der Waals surface area (Å²) in [6, 6.07) is 0.595. The van der Waals surface area contributed by atoms with Crippen LogP contribution in [0.25, 0.3) is 0 Å². The van der Waals surface area contributed by atoms with Gasteiger partial charge in [0.15, 0.2) is 0 Å². The van der Waals surface area contributed by atoms with Gasteiger partial charge in [-0.05, 0) is 25.8 Å². The highest BCUT2D eigenvalue weighted by Gasteiger charge is 2.29. The second kappa shape index (κ2) is 6.41. The largest absolute Gasteiger partial charge is 0.391 e. The average Bonchev–Trinajstić information content (AvgIpc) is 3.19.